The van der Waals surface area contributed by atoms with Crippen molar-refractivity contribution in [1.29, 1.82) is 0 Å². The number of aliphatic carboxylic acids is 1. The largest absolute Gasteiger partial charge is 0.490 e. The molecule has 0 bridgehead atoms. The average molecular weight is 249 g/mol. The molecule has 0 saturated carbocycles. The molecule has 8 heteroatoms. The summed E-state index contributed by atoms with van der Waals surface area (Å²) >= 11 is 0. The summed E-state index contributed by atoms with van der Waals surface area (Å²) in [5, 5.41) is 9.95. The molecule has 96 valence electrons. The third-order valence-corrected chi connectivity index (χ3v) is 2.33. The molecule has 0 spiro atoms. The van der Waals surface area contributed by atoms with Crippen LogP contribution in [0, 0.1) is 5.41 Å². The van der Waals surface area contributed by atoms with Crippen LogP contribution in [0.2, 0.25) is 0 Å². The number of nitrogens with one attached hydrogen (secondary N) is 1. The molecule has 1 aliphatic heterocycles. The van der Waals surface area contributed by atoms with Crippen molar-refractivity contribution in [3.8, 4) is 0 Å². The van der Waals surface area contributed by atoms with Crippen LogP contribution in [0.1, 0.15) is 13.8 Å². The van der Waals surface area contributed by atoms with Gasteiger partial charge in [-0.1, -0.05) is 6.92 Å². The lowest BCUT2D eigenvalue weighted by molar-refractivity contribution is -0.192. The molecule has 0 aliphatic carbocycles. The van der Waals surface area contributed by atoms with Crippen molar-refractivity contribution in [3.05, 3.63) is 0 Å². The summed E-state index contributed by atoms with van der Waals surface area (Å²) in [4.78, 5) is 8.90. The zero-order valence-corrected chi connectivity index (χ0v) is 8.66. The van der Waals surface area contributed by atoms with Gasteiger partial charge in [-0.15, -0.1) is 0 Å². The Morgan fingerprint density at radius 3 is 1.56 bits per heavy atom. The van der Waals surface area contributed by atoms with Gasteiger partial charge in [-0.05, 0) is 6.92 Å². The number of carbonyl (C=O) groups is 1. The topological polar surface area (TPSA) is 49.3 Å². The predicted octanol–water partition coefficient (Wildman–Crippen LogP) is 1.88. The molecule has 0 unspecified atom stereocenters. The SMILES string of the molecule is CC(F)(F)C1(C)CNC1.O=C(O)C(F)(F)F. The number of hydrogen-bond acceptors (Lipinski definition) is 2. The summed E-state index contributed by atoms with van der Waals surface area (Å²) in [7, 11) is 0. The van der Waals surface area contributed by atoms with E-state index in [0.717, 1.165) is 6.92 Å². The highest BCUT2D eigenvalue weighted by Gasteiger charge is 2.50. The summed E-state index contributed by atoms with van der Waals surface area (Å²) in [5.74, 6) is -5.29. The first-order valence-electron chi connectivity index (χ1n) is 4.29. The highest BCUT2D eigenvalue weighted by molar-refractivity contribution is 5.73. The minimum atomic E-state index is -5.08. The third-order valence-electron chi connectivity index (χ3n) is 2.33. The Morgan fingerprint density at radius 2 is 1.56 bits per heavy atom. The molecule has 1 saturated heterocycles. The predicted molar refractivity (Wildman–Crippen MR) is 45.3 cm³/mol. The maximum Gasteiger partial charge on any atom is 0.490 e. The van der Waals surface area contributed by atoms with Gasteiger partial charge in [0, 0.05) is 13.1 Å². The molecule has 0 amide bonds. The first-order chi connectivity index (χ1) is 6.90. The number of rotatable bonds is 1. The minimum Gasteiger partial charge on any atom is -0.475 e. The van der Waals surface area contributed by atoms with E-state index in [1.165, 1.54) is 0 Å². The molecule has 3 nitrogen and oxygen atoms in total. The third kappa shape index (κ3) is 3.92. The van der Waals surface area contributed by atoms with E-state index in [1.807, 2.05) is 0 Å². The first kappa shape index (κ1) is 15.1. The Balaban J connectivity index is 0.000000293. The summed E-state index contributed by atoms with van der Waals surface area (Å²) in [6, 6.07) is 0. The summed E-state index contributed by atoms with van der Waals surface area (Å²) in [6.07, 6.45) is -5.08. The second-order valence-electron chi connectivity index (χ2n) is 3.86. The average Bonchev–Trinajstić information content (AvgIpc) is 1.97. The van der Waals surface area contributed by atoms with E-state index >= 15 is 0 Å². The van der Waals surface area contributed by atoms with Gasteiger partial charge in [0.15, 0.2) is 0 Å². The highest BCUT2D eigenvalue weighted by Crippen LogP contribution is 2.38. The zero-order valence-electron chi connectivity index (χ0n) is 8.66. The van der Waals surface area contributed by atoms with Gasteiger partial charge >= 0.3 is 12.1 Å². The van der Waals surface area contributed by atoms with E-state index in [2.05, 4.69) is 5.32 Å². The smallest absolute Gasteiger partial charge is 0.475 e. The second-order valence-corrected chi connectivity index (χ2v) is 3.86. The molecule has 1 rings (SSSR count). The number of carboxylic acid groups (broad SMARTS) is 1. The van der Waals surface area contributed by atoms with E-state index in [1.54, 1.807) is 6.92 Å². The van der Waals surface area contributed by atoms with Gasteiger partial charge in [0.1, 0.15) is 0 Å². The minimum absolute atomic E-state index is 0.441. The van der Waals surface area contributed by atoms with Gasteiger partial charge in [0.2, 0.25) is 0 Å². The second kappa shape index (κ2) is 4.52. The van der Waals surface area contributed by atoms with Gasteiger partial charge in [-0.3, -0.25) is 0 Å². The van der Waals surface area contributed by atoms with Gasteiger partial charge in [-0.25, -0.2) is 13.6 Å². The van der Waals surface area contributed by atoms with Crippen molar-refractivity contribution in [3.63, 3.8) is 0 Å². The molecule has 1 heterocycles. The molecular formula is C8H12F5NO2. The summed E-state index contributed by atoms with van der Waals surface area (Å²) in [6.45, 7) is 3.46. The quantitative estimate of drug-likeness (QED) is 0.697. The van der Waals surface area contributed by atoms with Crippen LogP contribution in [0.25, 0.3) is 0 Å². The number of halogens is 5. The van der Waals surface area contributed by atoms with Gasteiger partial charge < -0.3 is 10.4 Å². The van der Waals surface area contributed by atoms with Crippen molar-refractivity contribution in [2.24, 2.45) is 5.41 Å². The van der Waals surface area contributed by atoms with Crippen LogP contribution in [-0.2, 0) is 4.79 Å². The van der Waals surface area contributed by atoms with Crippen molar-refractivity contribution < 1.29 is 31.9 Å². The Bertz CT molecular complexity index is 254. The molecule has 1 aliphatic rings. The first-order valence-corrected chi connectivity index (χ1v) is 4.29. The molecule has 2 N–H and O–H groups in total. The van der Waals surface area contributed by atoms with E-state index in [4.69, 9.17) is 9.90 Å². The fraction of sp³-hybridized carbons (Fsp3) is 0.875. The molecule has 0 atom stereocenters. The molecule has 16 heavy (non-hydrogen) atoms. The Labute approximate surface area is 88.6 Å². The zero-order chi connectivity index (χ0) is 13.2. The molecule has 0 radical (unpaired) electrons. The van der Waals surface area contributed by atoms with Crippen molar-refractivity contribution in [2.75, 3.05) is 13.1 Å². The monoisotopic (exact) mass is 249 g/mol. The van der Waals surface area contributed by atoms with Crippen LogP contribution in [0.5, 0.6) is 0 Å². The lowest BCUT2D eigenvalue weighted by atomic mass is 9.78. The van der Waals surface area contributed by atoms with Gasteiger partial charge in [0.05, 0.1) is 5.41 Å². The lowest BCUT2D eigenvalue weighted by Gasteiger charge is -2.43. The fourth-order valence-corrected chi connectivity index (χ4v) is 0.810. The van der Waals surface area contributed by atoms with Gasteiger partial charge in [-0.2, -0.15) is 13.2 Å². The standard InChI is InChI=1S/C6H11F2N.C2HF3O2/c1-5(3-9-4-5)6(2,7)8;3-2(4,5)1(6)7/h9H,3-4H2,1-2H3;(H,6,7). The van der Waals surface area contributed by atoms with Crippen molar-refractivity contribution >= 4 is 5.97 Å². The van der Waals surface area contributed by atoms with Gasteiger partial charge in [0.25, 0.3) is 5.92 Å². The van der Waals surface area contributed by atoms with Crippen LogP contribution in [0.4, 0.5) is 22.0 Å². The van der Waals surface area contributed by atoms with Crippen molar-refractivity contribution in [2.45, 2.75) is 25.9 Å². The normalized spacial score (nSPS) is 19.2. The van der Waals surface area contributed by atoms with E-state index in [0.29, 0.717) is 13.1 Å². The highest BCUT2D eigenvalue weighted by atomic mass is 19.4. The van der Waals surface area contributed by atoms with Crippen LogP contribution in [0.3, 0.4) is 0 Å². The molecule has 0 aromatic carbocycles. The van der Waals surface area contributed by atoms with Crippen LogP contribution < -0.4 is 5.32 Å². The maximum atomic E-state index is 12.5. The summed E-state index contributed by atoms with van der Waals surface area (Å²) in [5.41, 5.74) is -0.785. The number of alkyl halides is 5. The molecule has 0 aromatic heterocycles. The van der Waals surface area contributed by atoms with Crippen LogP contribution in [-0.4, -0.2) is 36.3 Å². The molecular weight excluding hydrogens is 237 g/mol. The Kier molecular flexibility index (Phi) is 4.26. The summed E-state index contributed by atoms with van der Waals surface area (Å²) < 4.78 is 56.8. The van der Waals surface area contributed by atoms with E-state index < -0.39 is 23.5 Å². The molecule has 1 fully saturated rings. The van der Waals surface area contributed by atoms with E-state index in [-0.39, 0.29) is 0 Å². The van der Waals surface area contributed by atoms with E-state index in [9.17, 15) is 22.0 Å². The van der Waals surface area contributed by atoms with Crippen LogP contribution >= 0.6 is 0 Å². The molecule has 0 aromatic rings. The number of carboxylic acids is 1. The Hall–Kier alpha value is -0.920. The van der Waals surface area contributed by atoms with Crippen LogP contribution in [0.15, 0.2) is 0 Å². The van der Waals surface area contributed by atoms with Crippen molar-refractivity contribution in [1.82, 2.24) is 5.32 Å². The lowest BCUT2D eigenvalue weighted by Crippen LogP contribution is -2.60. The maximum absolute atomic E-state index is 12.5. The fourth-order valence-electron chi connectivity index (χ4n) is 0.810. The number of hydrogen-bond donors (Lipinski definition) is 2. The Morgan fingerprint density at radius 1 is 1.25 bits per heavy atom.